The van der Waals surface area contributed by atoms with Crippen LogP contribution in [0.15, 0.2) is 18.2 Å². The standard InChI is InChI=1S/C22H27FN4O/c1-12-20(26-19(28)10-22(3,4)5)13(2)25-21(24-12)27-11-14-8-18(27)16-7-6-15(23)9-17(14)16/h6-7,9,14,18H,8,10-11H2,1-5H3,(H,26,28)/t14-,18+/m0/s1. The second-order valence-corrected chi connectivity index (χ2v) is 9.23. The number of anilines is 2. The molecule has 0 unspecified atom stereocenters. The zero-order valence-corrected chi connectivity index (χ0v) is 17.1. The molecule has 4 rings (SSSR count). The molecule has 0 spiro atoms. The molecule has 1 fully saturated rings. The summed E-state index contributed by atoms with van der Waals surface area (Å²) in [6, 6.07) is 5.29. The Hall–Kier alpha value is -2.50. The van der Waals surface area contributed by atoms with Gasteiger partial charge in [-0.1, -0.05) is 26.8 Å². The molecule has 0 saturated carbocycles. The molecule has 5 nitrogen and oxygen atoms in total. The Balaban J connectivity index is 1.58. The Kier molecular flexibility index (Phi) is 4.40. The largest absolute Gasteiger partial charge is 0.333 e. The van der Waals surface area contributed by atoms with E-state index in [1.54, 1.807) is 6.07 Å². The number of fused-ring (bicyclic) bond motifs is 5. The average Bonchev–Trinajstić information content (AvgIpc) is 3.15. The summed E-state index contributed by atoms with van der Waals surface area (Å²) in [5, 5.41) is 2.98. The van der Waals surface area contributed by atoms with Crippen LogP contribution in [-0.4, -0.2) is 22.4 Å². The highest BCUT2D eigenvalue weighted by Gasteiger charge is 2.43. The molecule has 1 aliphatic heterocycles. The summed E-state index contributed by atoms with van der Waals surface area (Å²) in [7, 11) is 0. The topological polar surface area (TPSA) is 58.1 Å². The van der Waals surface area contributed by atoms with E-state index < -0.39 is 0 Å². The molecule has 6 heteroatoms. The number of rotatable bonds is 3. The van der Waals surface area contributed by atoms with Gasteiger partial charge in [-0.3, -0.25) is 4.79 Å². The van der Waals surface area contributed by atoms with Crippen molar-refractivity contribution < 1.29 is 9.18 Å². The fourth-order valence-corrected chi connectivity index (χ4v) is 4.45. The number of aromatic nitrogens is 2. The third-order valence-electron chi connectivity index (χ3n) is 5.62. The lowest BCUT2D eigenvalue weighted by Gasteiger charge is -2.30. The smallest absolute Gasteiger partial charge is 0.226 e. The van der Waals surface area contributed by atoms with Gasteiger partial charge in [0, 0.05) is 18.9 Å². The number of aryl methyl sites for hydroxylation is 2. The highest BCUT2D eigenvalue weighted by atomic mass is 19.1. The van der Waals surface area contributed by atoms with Crippen molar-refractivity contribution in [2.45, 2.75) is 59.4 Å². The van der Waals surface area contributed by atoms with Crippen LogP contribution in [0.1, 0.15) is 68.1 Å². The van der Waals surface area contributed by atoms with E-state index in [0.29, 0.717) is 24.0 Å². The quantitative estimate of drug-likeness (QED) is 0.839. The summed E-state index contributed by atoms with van der Waals surface area (Å²) in [4.78, 5) is 24.0. The number of amides is 1. The fraction of sp³-hybridized carbons (Fsp3) is 0.500. The molecule has 2 atom stereocenters. The van der Waals surface area contributed by atoms with Gasteiger partial charge in [0.25, 0.3) is 0 Å². The van der Waals surface area contributed by atoms with Gasteiger partial charge in [-0.2, -0.15) is 0 Å². The van der Waals surface area contributed by atoms with Crippen molar-refractivity contribution in [2.75, 3.05) is 16.8 Å². The highest BCUT2D eigenvalue weighted by molar-refractivity contribution is 5.92. The minimum atomic E-state index is -0.170. The van der Waals surface area contributed by atoms with Crippen LogP contribution in [0.5, 0.6) is 0 Å². The van der Waals surface area contributed by atoms with Crippen LogP contribution >= 0.6 is 0 Å². The number of hydrogen-bond donors (Lipinski definition) is 1. The first-order chi connectivity index (χ1) is 13.1. The molecule has 2 aromatic rings. The first kappa shape index (κ1) is 18.8. The normalized spacial score (nSPS) is 20.4. The third-order valence-corrected chi connectivity index (χ3v) is 5.62. The molecule has 1 aliphatic carbocycles. The Bertz CT molecular complexity index is 927. The molecule has 1 aromatic heterocycles. The maximum Gasteiger partial charge on any atom is 0.226 e. The Labute approximate surface area is 165 Å². The van der Waals surface area contributed by atoms with Gasteiger partial charge in [0.05, 0.1) is 23.1 Å². The van der Waals surface area contributed by atoms with Crippen molar-refractivity contribution in [1.29, 1.82) is 0 Å². The molecule has 148 valence electrons. The molecule has 0 radical (unpaired) electrons. The lowest BCUT2D eigenvalue weighted by molar-refractivity contribution is -0.117. The van der Waals surface area contributed by atoms with Crippen molar-refractivity contribution in [2.24, 2.45) is 5.41 Å². The van der Waals surface area contributed by atoms with E-state index in [2.05, 4.69) is 10.2 Å². The summed E-state index contributed by atoms with van der Waals surface area (Å²) in [5.41, 5.74) is 4.47. The maximum atomic E-state index is 13.6. The third kappa shape index (κ3) is 3.36. The average molecular weight is 382 g/mol. The molecule has 28 heavy (non-hydrogen) atoms. The minimum absolute atomic E-state index is 0.0220. The Morgan fingerprint density at radius 1 is 1.21 bits per heavy atom. The van der Waals surface area contributed by atoms with Crippen molar-refractivity contribution in [3.05, 3.63) is 46.5 Å². The van der Waals surface area contributed by atoms with Crippen LogP contribution in [-0.2, 0) is 4.79 Å². The molecule has 1 aromatic carbocycles. The maximum absolute atomic E-state index is 13.6. The van der Waals surface area contributed by atoms with E-state index in [-0.39, 0.29) is 23.2 Å². The van der Waals surface area contributed by atoms with Crippen molar-refractivity contribution >= 4 is 17.5 Å². The van der Waals surface area contributed by atoms with Crippen LogP contribution in [0.2, 0.25) is 0 Å². The first-order valence-electron chi connectivity index (χ1n) is 9.83. The van der Waals surface area contributed by atoms with Crippen LogP contribution in [0.25, 0.3) is 0 Å². The van der Waals surface area contributed by atoms with Gasteiger partial charge >= 0.3 is 0 Å². The number of hydrogen-bond acceptors (Lipinski definition) is 4. The summed E-state index contributed by atoms with van der Waals surface area (Å²) >= 11 is 0. The summed E-state index contributed by atoms with van der Waals surface area (Å²) < 4.78 is 13.6. The second kappa shape index (κ2) is 6.54. The lowest BCUT2D eigenvalue weighted by atomic mass is 9.92. The number of benzene rings is 1. The van der Waals surface area contributed by atoms with Crippen molar-refractivity contribution in [3.8, 4) is 0 Å². The van der Waals surface area contributed by atoms with Gasteiger partial charge in [-0.05, 0) is 48.9 Å². The zero-order valence-electron chi connectivity index (χ0n) is 17.1. The highest BCUT2D eigenvalue weighted by Crippen LogP contribution is 2.51. The van der Waals surface area contributed by atoms with Crippen LogP contribution in [0, 0.1) is 25.1 Å². The SMILES string of the molecule is Cc1nc(N2C[C@@H]3C[C@@H]2c2ccc(F)cc23)nc(C)c1NC(=O)CC(C)(C)C. The summed E-state index contributed by atoms with van der Waals surface area (Å²) in [5.74, 6) is 0.819. The molecule has 2 aliphatic rings. The predicted octanol–water partition coefficient (Wildman–Crippen LogP) is 4.66. The van der Waals surface area contributed by atoms with Gasteiger partial charge in [-0.25, -0.2) is 14.4 Å². The predicted molar refractivity (Wildman–Crippen MR) is 108 cm³/mol. The Morgan fingerprint density at radius 3 is 2.54 bits per heavy atom. The van der Waals surface area contributed by atoms with Gasteiger partial charge < -0.3 is 10.2 Å². The molecule has 1 amide bonds. The van der Waals surface area contributed by atoms with E-state index in [4.69, 9.17) is 9.97 Å². The molecular weight excluding hydrogens is 355 g/mol. The molecule has 1 N–H and O–H groups in total. The fourth-order valence-electron chi connectivity index (χ4n) is 4.45. The van der Waals surface area contributed by atoms with Crippen LogP contribution in [0.4, 0.5) is 16.0 Å². The number of nitrogens with zero attached hydrogens (tertiary/aromatic N) is 3. The Morgan fingerprint density at radius 2 is 1.89 bits per heavy atom. The number of nitrogens with one attached hydrogen (secondary N) is 1. The monoisotopic (exact) mass is 382 g/mol. The van der Waals surface area contributed by atoms with E-state index in [9.17, 15) is 9.18 Å². The van der Waals surface area contributed by atoms with E-state index in [1.165, 1.54) is 11.6 Å². The van der Waals surface area contributed by atoms with Gasteiger partial charge in [0.2, 0.25) is 11.9 Å². The van der Waals surface area contributed by atoms with E-state index >= 15 is 0 Å². The van der Waals surface area contributed by atoms with E-state index in [1.807, 2.05) is 40.7 Å². The number of carbonyl (C=O) groups is 1. The van der Waals surface area contributed by atoms with Crippen molar-refractivity contribution in [3.63, 3.8) is 0 Å². The molecule has 1 saturated heterocycles. The number of carbonyl (C=O) groups excluding carboxylic acids is 1. The van der Waals surface area contributed by atoms with Crippen LogP contribution in [0.3, 0.4) is 0 Å². The van der Waals surface area contributed by atoms with Crippen molar-refractivity contribution in [1.82, 2.24) is 9.97 Å². The van der Waals surface area contributed by atoms with Gasteiger partial charge in [0.1, 0.15) is 5.82 Å². The summed E-state index contributed by atoms with van der Waals surface area (Å²) in [6.07, 6.45) is 1.42. The minimum Gasteiger partial charge on any atom is -0.333 e. The van der Waals surface area contributed by atoms with E-state index in [0.717, 1.165) is 29.9 Å². The van der Waals surface area contributed by atoms with Crippen LogP contribution < -0.4 is 10.2 Å². The molecular formula is C22H27FN4O. The first-order valence-corrected chi connectivity index (χ1v) is 9.83. The molecule has 2 bridgehead atoms. The van der Waals surface area contributed by atoms with Gasteiger partial charge in [-0.15, -0.1) is 0 Å². The number of halogens is 1. The molecule has 2 heterocycles. The zero-order chi connectivity index (χ0) is 20.2. The lowest BCUT2D eigenvalue weighted by Crippen LogP contribution is -2.29. The second-order valence-electron chi connectivity index (χ2n) is 9.23. The summed E-state index contributed by atoms with van der Waals surface area (Å²) in [6.45, 7) is 10.7. The van der Waals surface area contributed by atoms with Gasteiger partial charge in [0.15, 0.2) is 0 Å².